The number of methoxy groups -OCH3 is 1. The van der Waals surface area contributed by atoms with Gasteiger partial charge in [-0.05, 0) is 25.1 Å². The van der Waals surface area contributed by atoms with Gasteiger partial charge in [0.1, 0.15) is 5.75 Å². The Balaban J connectivity index is 2.08. The van der Waals surface area contributed by atoms with Crippen molar-refractivity contribution < 1.29 is 4.74 Å². The molecule has 0 aliphatic carbocycles. The van der Waals surface area contributed by atoms with E-state index in [4.69, 9.17) is 4.74 Å². The molecule has 3 rings (SSSR count). The van der Waals surface area contributed by atoms with Gasteiger partial charge in [0.05, 0.1) is 12.0 Å². The molecule has 3 heteroatoms. The fourth-order valence-corrected chi connectivity index (χ4v) is 3.31. The number of benzene rings is 2. The molecule has 3 aromatic rings. The zero-order chi connectivity index (χ0) is 13.2. The van der Waals surface area contributed by atoms with E-state index in [9.17, 15) is 0 Å². The first-order valence-corrected chi connectivity index (χ1v) is 6.99. The van der Waals surface area contributed by atoms with E-state index in [-0.39, 0.29) is 0 Å². The van der Waals surface area contributed by atoms with Crippen LogP contribution in [0.4, 0.5) is 0 Å². The Hall–Kier alpha value is -1.87. The van der Waals surface area contributed by atoms with Gasteiger partial charge in [0.25, 0.3) is 0 Å². The monoisotopic (exact) mass is 269 g/mol. The third-order valence-electron chi connectivity index (χ3n) is 3.12. The molecule has 0 unspecified atom stereocenters. The summed E-state index contributed by atoms with van der Waals surface area (Å²) in [5, 5.41) is 1.26. The Bertz CT molecular complexity index is 718. The van der Waals surface area contributed by atoms with Crippen LogP contribution in [0.25, 0.3) is 10.9 Å². The number of fused-ring (bicyclic) bond motifs is 1. The van der Waals surface area contributed by atoms with E-state index in [0.29, 0.717) is 0 Å². The maximum atomic E-state index is 5.41. The lowest BCUT2D eigenvalue weighted by Crippen LogP contribution is -1.85. The van der Waals surface area contributed by atoms with E-state index in [1.807, 2.05) is 18.2 Å². The lowest BCUT2D eigenvalue weighted by atomic mass is 10.2. The third kappa shape index (κ3) is 2.22. The first-order chi connectivity index (χ1) is 9.29. The van der Waals surface area contributed by atoms with Crippen LogP contribution in [0.15, 0.2) is 58.3 Å². The Morgan fingerprint density at radius 2 is 1.74 bits per heavy atom. The lowest BCUT2D eigenvalue weighted by Gasteiger charge is -2.07. The quantitative estimate of drug-likeness (QED) is 0.749. The van der Waals surface area contributed by atoms with Gasteiger partial charge in [-0.15, -0.1) is 0 Å². The molecule has 1 aromatic heterocycles. The summed E-state index contributed by atoms with van der Waals surface area (Å²) in [5.41, 5.74) is 2.37. The molecule has 0 saturated carbocycles. The average molecular weight is 269 g/mol. The zero-order valence-corrected chi connectivity index (χ0v) is 11.8. The van der Waals surface area contributed by atoms with Crippen LogP contribution in [0.3, 0.4) is 0 Å². The maximum absolute atomic E-state index is 5.41. The fraction of sp³-hybridized carbons (Fsp3) is 0.125. The second kappa shape index (κ2) is 5.02. The molecular formula is C16H15NOS. The highest BCUT2D eigenvalue weighted by Crippen LogP contribution is 2.40. The van der Waals surface area contributed by atoms with Crippen molar-refractivity contribution in [1.82, 2.24) is 4.98 Å². The summed E-state index contributed by atoms with van der Waals surface area (Å²) in [7, 11) is 1.71. The third-order valence-corrected chi connectivity index (χ3v) is 4.40. The summed E-state index contributed by atoms with van der Waals surface area (Å²) in [5.74, 6) is 0.914. The highest BCUT2D eigenvalue weighted by atomic mass is 32.2. The van der Waals surface area contributed by atoms with Crippen LogP contribution in [-0.2, 0) is 0 Å². The number of para-hydroxylation sites is 2. The van der Waals surface area contributed by atoms with Gasteiger partial charge in [0, 0.05) is 21.5 Å². The van der Waals surface area contributed by atoms with Crippen molar-refractivity contribution in [2.45, 2.75) is 16.7 Å². The van der Waals surface area contributed by atoms with Crippen LogP contribution >= 0.6 is 11.8 Å². The summed E-state index contributed by atoms with van der Waals surface area (Å²) in [6.45, 7) is 2.11. The molecule has 0 saturated heterocycles. The molecule has 0 spiro atoms. The molecule has 1 heterocycles. The van der Waals surface area contributed by atoms with Crippen molar-refractivity contribution in [2.24, 2.45) is 0 Å². The van der Waals surface area contributed by atoms with Crippen molar-refractivity contribution in [3.8, 4) is 5.75 Å². The van der Waals surface area contributed by atoms with Crippen LogP contribution in [0.1, 0.15) is 5.69 Å². The Morgan fingerprint density at radius 3 is 2.58 bits per heavy atom. The van der Waals surface area contributed by atoms with Gasteiger partial charge in [-0.2, -0.15) is 0 Å². The van der Waals surface area contributed by atoms with Crippen molar-refractivity contribution >= 4 is 22.7 Å². The smallest absolute Gasteiger partial charge is 0.132 e. The van der Waals surface area contributed by atoms with Gasteiger partial charge < -0.3 is 9.72 Å². The molecular weight excluding hydrogens is 254 g/mol. The molecule has 96 valence electrons. The summed E-state index contributed by atoms with van der Waals surface area (Å²) in [4.78, 5) is 5.82. The van der Waals surface area contributed by atoms with Gasteiger partial charge in [0.2, 0.25) is 0 Å². The largest absolute Gasteiger partial charge is 0.496 e. The Labute approximate surface area is 116 Å². The molecule has 2 nitrogen and oxygen atoms in total. The van der Waals surface area contributed by atoms with Crippen LogP contribution in [-0.4, -0.2) is 12.1 Å². The van der Waals surface area contributed by atoms with Gasteiger partial charge in [0.15, 0.2) is 0 Å². The first-order valence-electron chi connectivity index (χ1n) is 6.18. The Morgan fingerprint density at radius 1 is 1.00 bits per heavy atom. The van der Waals surface area contributed by atoms with Gasteiger partial charge in [-0.1, -0.05) is 42.1 Å². The molecule has 1 N–H and O–H groups in total. The number of aromatic amines is 1. The lowest BCUT2D eigenvalue weighted by molar-refractivity contribution is 0.405. The first kappa shape index (κ1) is 12.2. The fourth-order valence-electron chi connectivity index (χ4n) is 2.20. The molecule has 0 fully saturated rings. The van der Waals surface area contributed by atoms with E-state index in [2.05, 4.69) is 42.2 Å². The molecule has 2 aromatic carbocycles. The standard InChI is InChI=1S/C16H15NOS/c1-11-16(12-7-3-4-8-13(12)17-11)19-15-10-6-5-9-14(15)18-2/h3-10,17H,1-2H3. The molecule has 0 bridgehead atoms. The second-order valence-electron chi connectivity index (χ2n) is 4.38. The molecule has 0 atom stereocenters. The maximum Gasteiger partial charge on any atom is 0.132 e. The van der Waals surface area contributed by atoms with E-state index in [0.717, 1.165) is 10.6 Å². The minimum Gasteiger partial charge on any atom is -0.496 e. The van der Waals surface area contributed by atoms with Crippen LogP contribution in [0, 0.1) is 6.92 Å². The topological polar surface area (TPSA) is 25.0 Å². The predicted molar refractivity (Wildman–Crippen MR) is 80.2 cm³/mol. The van der Waals surface area contributed by atoms with Crippen molar-refractivity contribution in [1.29, 1.82) is 0 Å². The van der Waals surface area contributed by atoms with E-state index in [1.165, 1.54) is 21.5 Å². The van der Waals surface area contributed by atoms with Crippen molar-refractivity contribution in [3.05, 3.63) is 54.2 Å². The average Bonchev–Trinajstić information content (AvgIpc) is 2.76. The zero-order valence-electron chi connectivity index (χ0n) is 10.9. The minimum absolute atomic E-state index is 0.914. The summed E-state index contributed by atoms with van der Waals surface area (Å²) in [6, 6.07) is 16.5. The number of aryl methyl sites for hydroxylation is 1. The van der Waals surface area contributed by atoms with Crippen LogP contribution in [0.5, 0.6) is 5.75 Å². The predicted octanol–water partition coefficient (Wildman–Crippen LogP) is 4.64. The van der Waals surface area contributed by atoms with E-state index in [1.54, 1.807) is 18.9 Å². The number of nitrogens with one attached hydrogen (secondary N) is 1. The van der Waals surface area contributed by atoms with Crippen LogP contribution in [0.2, 0.25) is 0 Å². The molecule has 0 aliphatic rings. The molecule has 19 heavy (non-hydrogen) atoms. The van der Waals surface area contributed by atoms with E-state index < -0.39 is 0 Å². The summed E-state index contributed by atoms with van der Waals surface area (Å²) in [6.07, 6.45) is 0. The number of ether oxygens (including phenoxy) is 1. The minimum atomic E-state index is 0.914. The summed E-state index contributed by atoms with van der Waals surface area (Å²) >= 11 is 1.75. The number of hydrogen-bond acceptors (Lipinski definition) is 2. The molecule has 0 amide bonds. The van der Waals surface area contributed by atoms with Crippen molar-refractivity contribution in [3.63, 3.8) is 0 Å². The number of H-pyrrole nitrogens is 1. The highest BCUT2D eigenvalue weighted by molar-refractivity contribution is 7.99. The van der Waals surface area contributed by atoms with Gasteiger partial charge in [-0.3, -0.25) is 0 Å². The number of hydrogen-bond donors (Lipinski definition) is 1. The highest BCUT2D eigenvalue weighted by Gasteiger charge is 2.11. The van der Waals surface area contributed by atoms with Crippen LogP contribution < -0.4 is 4.74 Å². The SMILES string of the molecule is COc1ccccc1Sc1c(C)[nH]c2ccccc12. The van der Waals surface area contributed by atoms with Gasteiger partial charge in [-0.25, -0.2) is 0 Å². The summed E-state index contributed by atoms with van der Waals surface area (Å²) < 4.78 is 5.41. The number of aromatic nitrogens is 1. The molecule has 0 aliphatic heterocycles. The van der Waals surface area contributed by atoms with Gasteiger partial charge >= 0.3 is 0 Å². The molecule has 0 radical (unpaired) electrons. The van der Waals surface area contributed by atoms with Crippen molar-refractivity contribution in [2.75, 3.05) is 7.11 Å². The van der Waals surface area contributed by atoms with E-state index >= 15 is 0 Å². The normalized spacial score (nSPS) is 10.8. The number of rotatable bonds is 3. The second-order valence-corrected chi connectivity index (χ2v) is 5.43. The Kier molecular flexibility index (Phi) is 3.22.